The van der Waals surface area contributed by atoms with Crippen LogP contribution in [0.3, 0.4) is 0 Å². The number of nitrogens with one attached hydrogen (secondary N) is 1. The molecule has 2 aromatic heterocycles. The summed E-state index contributed by atoms with van der Waals surface area (Å²) in [7, 11) is 1.62. The third-order valence-corrected chi connectivity index (χ3v) is 7.45. The highest BCUT2D eigenvalue weighted by molar-refractivity contribution is 7.10. The second-order valence-corrected chi connectivity index (χ2v) is 9.68. The summed E-state index contributed by atoms with van der Waals surface area (Å²) >= 11 is 1.58. The Labute approximate surface area is 215 Å². The van der Waals surface area contributed by atoms with Gasteiger partial charge in [0.15, 0.2) is 0 Å². The number of ether oxygens (including phenoxy) is 1. The number of hydrogen-bond acceptors (Lipinski definition) is 6. The number of furan rings is 1. The number of anilines is 1. The highest BCUT2D eigenvalue weighted by atomic mass is 32.1. The molecule has 2 aromatic carbocycles. The third-order valence-electron chi connectivity index (χ3n) is 6.44. The summed E-state index contributed by atoms with van der Waals surface area (Å²) in [4.78, 5) is 20.3. The first kappa shape index (κ1) is 24.0. The van der Waals surface area contributed by atoms with Gasteiger partial charge >= 0.3 is 0 Å². The number of aromatic nitrogens is 1. The highest BCUT2D eigenvalue weighted by Crippen LogP contribution is 2.33. The van der Waals surface area contributed by atoms with E-state index in [2.05, 4.69) is 16.3 Å². The minimum atomic E-state index is -0.205. The van der Waals surface area contributed by atoms with Gasteiger partial charge in [-0.15, -0.1) is 11.3 Å². The minimum absolute atomic E-state index is 0.205. The lowest BCUT2D eigenvalue weighted by molar-refractivity contribution is 0.102. The molecule has 7 heteroatoms. The van der Waals surface area contributed by atoms with Crippen molar-refractivity contribution in [1.29, 1.82) is 0 Å². The zero-order chi connectivity index (χ0) is 24.7. The number of thiazole rings is 1. The van der Waals surface area contributed by atoms with Gasteiger partial charge in [0.05, 0.1) is 24.1 Å². The molecule has 0 bridgehead atoms. The van der Waals surface area contributed by atoms with Crippen molar-refractivity contribution in [3.63, 3.8) is 0 Å². The molecular formula is C29H29N3O3S. The van der Waals surface area contributed by atoms with Crippen molar-refractivity contribution >= 4 is 29.0 Å². The minimum Gasteiger partial charge on any atom is -0.497 e. The summed E-state index contributed by atoms with van der Waals surface area (Å²) in [5.74, 6) is 1.75. The number of carbonyl (C=O) groups excluding carboxylic acids is 1. The van der Waals surface area contributed by atoms with Crippen LogP contribution in [0.25, 0.3) is 17.2 Å². The van der Waals surface area contributed by atoms with Crippen molar-refractivity contribution in [2.24, 2.45) is 0 Å². The molecule has 3 heterocycles. The monoisotopic (exact) mass is 499 g/mol. The number of piperidine rings is 1. The van der Waals surface area contributed by atoms with Crippen LogP contribution in [-0.2, 0) is 0 Å². The summed E-state index contributed by atoms with van der Waals surface area (Å²) < 4.78 is 10.7. The van der Waals surface area contributed by atoms with Gasteiger partial charge in [0.25, 0.3) is 5.91 Å². The molecule has 5 rings (SSSR count). The van der Waals surface area contributed by atoms with E-state index >= 15 is 0 Å². The zero-order valence-electron chi connectivity index (χ0n) is 20.2. The Morgan fingerprint density at radius 3 is 2.75 bits per heavy atom. The quantitative estimate of drug-likeness (QED) is 0.297. The highest BCUT2D eigenvalue weighted by Gasteiger charge is 2.24. The van der Waals surface area contributed by atoms with E-state index in [9.17, 15) is 4.79 Å². The van der Waals surface area contributed by atoms with Crippen LogP contribution < -0.4 is 10.1 Å². The van der Waals surface area contributed by atoms with Crippen LogP contribution in [-0.4, -0.2) is 42.5 Å². The molecule has 1 amide bonds. The van der Waals surface area contributed by atoms with Crippen molar-refractivity contribution in [2.45, 2.75) is 18.8 Å². The zero-order valence-corrected chi connectivity index (χ0v) is 21.0. The van der Waals surface area contributed by atoms with Gasteiger partial charge in [-0.3, -0.25) is 9.69 Å². The van der Waals surface area contributed by atoms with E-state index < -0.39 is 0 Å². The van der Waals surface area contributed by atoms with Crippen molar-refractivity contribution in [2.75, 3.05) is 32.1 Å². The smallest absolute Gasteiger partial charge is 0.275 e. The Kier molecular flexibility index (Phi) is 7.59. The maximum Gasteiger partial charge on any atom is 0.275 e. The fraction of sp³-hybridized carbons (Fsp3) is 0.241. The molecule has 0 saturated carbocycles. The molecule has 0 atom stereocenters. The number of methoxy groups -OCH3 is 1. The molecule has 0 radical (unpaired) electrons. The Bertz CT molecular complexity index is 1310. The van der Waals surface area contributed by atoms with Crippen molar-refractivity contribution in [3.05, 3.63) is 94.8 Å². The lowest BCUT2D eigenvalue weighted by atomic mass is 9.97. The summed E-state index contributed by atoms with van der Waals surface area (Å²) in [5, 5.41) is 5.97. The van der Waals surface area contributed by atoms with Gasteiger partial charge < -0.3 is 14.5 Å². The SMILES string of the molecule is COc1ccc(-c2ccccc2)c(NC(=O)c2csc(C3CCN(C/C=C\c4ccco4)CC3)n2)c1. The van der Waals surface area contributed by atoms with Crippen LogP contribution in [0.1, 0.15) is 40.0 Å². The van der Waals surface area contributed by atoms with E-state index in [-0.39, 0.29) is 5.91 Å². The maximum absolute atomic E-state index is 13.1. The van der Waals surface area contributed by atoms with Crippen molar-refractivity contribution in [3.8, 4) is 16.9 Å². The second kappa shape index (κ2) is 11.4. The van der Waals surface area contributed by atoms with E-state index in [4.69, 9.17) is 14.1 Å². The number of nitrogens with zero attached hydrogens (tertiary/aromatic N) is 2. The largest absolute Gasteiger partial charge is 0.497 e. The predicted molar refractivity (Wildman–Crippen MR) is 145 cm³/mol. The topological polar surface area (TPSA) is 67.6 Å². The van der Waals surface area contributed by atoms with Crippen molar-refractivity contribution < 1.29 is 13.9 Å². The van der Waals surface area contributed by atoms with E-state index in [0.29, 0.717) is 23.0 Å². The van der Waals surface area contributed by atoms with E-state index in [1.807, 2.05) is 72.1 Å². The lowest BCUT2D eigenvalue weighted by Crippen LogP contribution is -2.33. The van der Waals surface area contributed by atoms with Gasteiger partial charge in [-0.1, -0.05) is 36.4 Å². The molecule has 1 aliphatic heterocycles. The van der Waals surface area contributed by atoms with E-state index in [1.165, 1.54) is 0 Å². The lowest BCUT2D eigenvalue weighted by Gasteiger charge is -2.30. The normalized spacial score (nSPS) is 14.8. The number of likely N-dealkylation sites (tertiary alicyclic amines) is 1. The average molecular weight is 500 g/mol. The van der Waals surface area contributed by atoms with Crippen LogP contribution in [0, 0.1) is 0 Å². The van der Waals surface area contributed by atoms with Gasteiger partial charge in [0.2, 0.25) is 0 Å². The maximum atomic E-state index is 13.1. The Morgan fingerprint density at radius 1 is 1.17 bits per heavy atom. The molecule has 1 N–H and O–H groups in total. The molecule has 0 aliphatic carbocycles. The van der Waals surface area contributed by atoms with Crippen LogP contribution in [0.2, 0.25) is 0 Å². The van der Waals surface area contributed by atoms with Crippen molar-refractivity contribution in [1.82, 2.24) is 9.88 Å². The van der Waals surface area contributed by atoms with Gasteiger partial charge in [-0.25, -0.2) is 4.98 Å². The Morgan fingerprint density at radius 2 is 2.00 bits per heavy atom. The summed E-state index contributed by atoms with van der Waals surface area (Å²) in [6.45, 7) is 2.93. The number of benzene rings is 2. The fourth-order valence-corrected chi connectivity index (χ4v) is 5.43. The summed E-state index contributed by atoms with van der Waals surface area (Å²) in [6.07, 6.45) is 7.93. The van der Waals surface area contributed by atoms with Crippen LogP contribution in [0.4, 0.5) is 5.69 Å². The van der Waals surface area contributed by atoms with Crippen LogP contribution in [0.5, 0.6) is 5.75 Å². The molecule has 184 valence electrons. The standard InChI is InChI=1S/C29H29N3O3S/c1-34-24-11-12-25(21-7-3-2-4-8-21)26(19-24)30-28(33)27-20-36-29(31-27)22-13-16-32(17-14-22)15-5-9-23-10-6-18-35-23/h2-12,18-20,22H,13-17H2,1H3,(H,30,33)/b9-5-. The summed E-state index contributed by atoms with van der Waals surface area (Å²) in [6, 6.07) is 19.6. The molecule has 0 spiro atoms. The van der Waals surface area contributed by atoms with Crippen LogP contribution in [0.15, 0.2) is 82.8 Å². The number of amides is 1. The molecule has 4 aromatic rings. The van der Waals surface area contributed by atoms with Crippen LogP contribution >= 0.6 is 11.3 Å². The Balaban J connectivity index is 1.21. The molecule has 1 fully saturated rings. The third kappa shape index (κ3) is 5.75. The van der Waals surface area contributed by atoms with Gasteiger partial charge in [-0.2, -0.15) is 0 Å². The number of rotatable bonds is 8. The van der Waals surface area contributed by atoms with Gasteiger partial charge in [0, 0.05) is 29.5 Å². The fourth-order valence-electron chi connectivity index (χ4n) is 4.46. The molecule has 6 nitrogen and oxygen atoms in total. The second-order valence-electron chi connectivity index (χ2n) is 8.80. The van der Waals surface area contributed by atoms with Gasteiger partial charge in [-0.05, 0) is 61.8 Å². The first-order valence-corrected chi connectivity index (χ1v) is 13.0. The number of carbonyl (C=O) groups is 1. The first-order chi connectivity index (χ1) is 17.7. The van der Waals surface area contributed by atoms with Gasteiger partial charge in [0.1, 0.15) is 17.2 Å². The van der Waals surface area contributed by atoms with E-state index in [0.717, 1.165) is 54.4 Å². The molecule has 0 unspecified atom stereocenters. The number of hydrogen-bond donors (Lipinski definition) is 1. The predicted octanol–water partition coefficient (Wildman–Crippen LogP) is 6.56. The average Bonchev–Trinajstić information content (AvgIpc) is 3.62. The molecular weight excluding hydrogens is 470 g/mol. The Hall–Kier alpha value is -3.68. The first-order valence-electron chi connectivity index (χ1n) is 12.1. The molecule has 1 saturated heterocycles. The molecule has 36 heavy (non-hydrogen) atoms. The summed E-state index contributed by atoms with van der Waals surface area (Å²) in [5.41, 5.74) is 3.13. The molecule has 1 aliphatic rings. The van der Waals surface area contributed by atoms with E-state index in [1.54, 1.807) is 24.7 Å².